The van der Waals surface area contributed by atoms with Crippen molar-refractivity contribution in [3.63, 3.8) is 0 Å². The average molecular weight is 447 g/mol. The lowest BCUT2D eigenvalue weighted by atomic mass is 10.1. The summed E-state index contributed by atoms with van der Waals surface area (Å²) in [5.41, 5.74) is 1.34. The van der Waals surface area contributed by atoms with Crippen LogP contribution in [0.25, 0.3) is 21.9 Å². The Morgan fingerprint density at radius 3 is 2.48 bits per heavy atom. The number of aromatic amines is 1. The SMILES string of the molecule is CCCCCCCCCn1c(=O)c(C(=O)Nc2nc3ccccc3[nH]2)c(O)c2ccccc21. The van der Waals surface area contributed by atoms with E-state index in [2.05, 4.69) is 22.2 Å². The number of amides is 1. The third-order valence-corrected chi connectivity index (χ3v) is 5.98. The molecule has 7 nitrogen and oxygen atoms in total. The fourth-order valence-corrected chi connectivity index (χ4v) is 4.23. The minimum Gasteiger partial charge on any atom is -0.506 e. The van der Waals surface area contributed by atoms with E-state index in [0.717, 1.165) is 24.8 Å². The van der Waals surface area contributed by atoms with Crippen LogP contribution in [0.4, 0.5) is 5.95 Å². The number of H-pyrrole nitrogens is 1. The summed E-state index contributed by atoms with van der Waals surface area (Å²) in [6.07, 6.45) is 7.90. The largest absolute Gasteiger partial charge is 0.506 e. The number of aromatic hydroxyl groups is 1. The Bertz CT molecular complexity index is 1290. The molecule has 33 heavy (non-hydrogen) atoms. The van der Waals surface area contributed by atoms with Crippen LogP contribution >= 0.6 is 0 Å². The van der Waals surface area contributed by atoms with Crippen molar-refractivity contribution in [2.75, 3.05) is 5.32 Å². The molecule has 2 aromatic carbocycles. The van der Waals surface area contributed by atoms with Gasteiger partial charge in [-0.2, -0.15) is 0 Å². The summed E-state index contributed by atoms with van der Waals surface area (Å²) < 4.78 is 1.61. The highest BCUT2D eigenvalue weighted by atomic mass is 16.3. The number of unbranched alkanes of at least 4 members (excludes halogenated alkanes) is 6. The molecule has 3 N–H and O–H groups in total. The summed E-state index contributed by atoms with van der Waals surface area (Å²) in [6.45, 7) is 2.70. The second-order valence-corrected chi connectivity index (χ2v) is 8.38. The van der Waals surface area contributed by atoms with Gasteiger partial charge in [-0.25, -0.2) is 4.98 Å². The number of imidazole rings is 1. The summed E-state index contributed by atoms with van der Waals surface area (Å²) >= 11 is 0. The minimum absolute atomic E-state index is 0.229. The van der Waals surface area contributed by atoms with Gasteiger partial charge in [0, 0.05) is 11.9 Å². The molecule has 0 aliphatic heterocycles. The normalized spacial score (nSPS) is 11.3. The van der Waals surface area contributed by atoms with Crippen LogP contribution in [0.2, 0.25) is 0 Å². The molecule has 0 radical (unpaired) electrons. The van der Waals surface area contributed by atoms with Crippen LogP contribution in [0.15, 0.2) is 53.3 Å². The van der Waals surface area contributed by atoms with Gasteiger partial charge in [0.1, 0.15) is 11.3 Å². The van der Waals surface area contributed by atoms with Crippen molar-refractivity contribution >= 4 is 33.8 Å². The molecule has 0 fully saturated rings. The molecule has 0 unspecified atom stereocenters. The maximum atomic E-state index is 13.3. The Hall–Kier alpha value is -3.61. The Labute approximate surface area is 192 Å². The molecule has 0 bridgehead atoms. The van der Waals surface area contributed by atoms with Crippen molar-refractivity contribution in [1.82, 2.24) is 14.5 Å². The number of nitrogens with zero attached hydrogens (tertiary/aromatic N) is 2. The minimum atomic E-state index is -0.685. The first-order valence-electron chi connectivity index (χ1n) is 11.7. The highest BCUT2D eigenvalue weighted by Crippen LogP contribution is 2.27. The molecule has 0 spiro atoms. The fraction of sp³-hybridized carbons (Fsp3) is 0.346. The Morgan fingerprint density at radius 2 is 1.70 bits per heavy atom. The number of hydrogen-bond acceptors (Lipinski definition) is 4. The second kappa shape index (κ2) is 10.3. The predicted molar refractivity (Wildman–Crippen MR) is 132 cm³/mol. The van der Waals surface area contributed by atoms with Crippen molar-refractivity contribution in [2.24, 2.45) is 0 Å². The van der Waals surface area contributed by atoms with Crippen LogP contribution < -0.4 is 10.9 Å². The highest BCUT2D eigenvalue weighted by molar-refractivity contribution is 6.08. The summed E-state index contributed by atoms with van der Waals surface area (Å²) in [6, 6.07) is 14.5. The molecular weight excluding hydrogens is 416 g/mol. The van der Waals surface area contributed by atoms with Gasteiger partial charge >= 0.3 is 0 Å². The summed E-state index contributed by atoms with van der Waals surface area (Å²) in [5, 5.41) is 13.9. The van der Waals surface area contributed by atoms with E-state index in [9.17, 15) is 14.7 Å². The number of carbonyl (C=O) groups excluding carboxylic acids is 1. The number of benzene rings is 2. The van der Waals surface area contributed by atoms with E-state index >= 15 is 0 Å². The highest BCUT2D eigenvalue weighted by Gasteiger charge is 2.23. The predicted octanol–water partition coefficient (Wildman–Crippen LogP) is 5.59. The fourth-order valence-electron chi connectivity index (χ4n) is 4.23. The van der Waals surface area contributed by atoms with Gasteiger partial charge in [-0.15, -0.1) is 0 Å². The second-order valence-electron chi connectivity index (χ2n) is 8.38. The number of anilines is 1. The van der Waals surface area contributed by atoms with Crippen LogP contribution in [0.3, 0.4) is 0 Å². The van der Waals surface area contributed by atoms with E-state index < -0.39 is 11.5 Å². The van der Waals surface area contributed by atoms with Gasteiger partial charge in [0.2, 0.25) is 5.95 Å². The number of aryl methyl sites for hydroxylation is 1. The molecule has 1 amide bonds. The van der Waals surface area contributed by atoms with Crippen molar-refractivity contribution in [2.45, 2.75) is 58.4 Å². The average Bonchev–Trinajstić information content (AvgIpc) is 3.22. The van der Waals surface area contributed by atoms with Crippen molar-refractivity contribution in [3.05, 3.63) is 64.4 Å². The Morgan fingerprint density at radius 1 is 1.00 bits per heavy atom. The summed E-state index contributed by atoms with van der Waals surface area (Å²) in [4.78, 5) is 33.7. The Balaban J connectivity index is 1.59. The van der Waals surface area contributed by atoms with E-state index in [-0.39, 0.29) is 17.3 Å². The smallest absolute Gasteiger partial charge is 0.267 e. The number of hydrogen-bond donors (Lipinski definition) is 3. The van der Waals surface area contributed by atoms with E-state index in [0.29, 0.717) is 23.0 Å². The van der Waals surface area contributed by atoms with Gasteiger partial charge in [0.15, 0.2) is 0 Å². The molecule has 2 aromatic heterocycles. The van der Waals surface area contributed by atoms with Crippen LogP contribution in [0.5, 0.6) is 5.75 Å². The zero-order valence-corrected chi connectivity index (χ0v) is 18.9. The van der Waals surface area contributed by atoms with E-state index in [1.54, 1.807) is 22.8 Å². The van der Waals surface area contributed by atoms with E-state index in [4.69, 9.17) is 0 Å². The maximum absolute atomic E-state index is 13.3. The zero-order chi connectivity index (χ0) is 23.2. The van der Waals surface area contributed by atoms with Gasteiger partial charge in [-0.05, 0) is 30.7 Å². The molecule has 0 saturated heterocycles. The van der Waals surface area contributed by atoms with Gasteiger partial charge in [0.25, 0.3) is 11.5 Å². The van der Waals surface area contributed by atoms with Gasteiger partial charge in [-0.3, -0.25) is 14.9 Å². The summed E-state index contributed by atoms with van der Waals surface area (Å²) in [5.74, 6) is -0.762. The molecule has 0 aliphatic rings. The number of nitrogens with one attached hydrogen (secondary N) is 2. The lowest BCUT2D eigenvalue weighted by Gasteiger charge is -2.14. The van der Waals surface area contributed by atoms with Crippen molar-refractivity contribution < 1.29 is 9.90 Å². The molecule has 0 atom stereocenters. The lowest BCUT2D eigenvalue weighted by Crippen LogP contribution is -2.30. The first-order chi connectivity index (χ1) is 16.1. The topological polar surface area (TPSA) is 100 Å². The Kier molecular flexibility index (Phi) is 7.07. The molecular formula is C26H30N4O3. The lowest BCUT2D eigenvalue weighted by molar-refractivity contribution is 0.102. The quantitative estimate of drug-likeness (QED) is 0.277. The molecule has 172 valence electrons. The van der Waals surface area contributed by atoms with Crippen molar-refractivity contribution in [1.29, 1.82) is 0 Å². The molecule has 7 heteroatoms. The van der Waals surface area contributed by atoms with Gasteiger partial charge < -0.3 is 14.7 Å². The van der Waals surface area contributed by atoms with Crippen LogP contribution in [-0.2, 0) is 6.54 Å². The monoisotopic (exact) mass is 446 g/mol. The number of fused-ring (bicyclic) bond motifs is 2. The first-order valence-corrected chi connectivity index (χ1v) is 11.7. The van der Waals surface area contributed by atoms with Crippen LogP contribution in [0, 0.1) is 0 Å². The number of carbonyl (C=O) groups is 1. The molecule has 4 rings (SSSR count). The molecule has 4 aromatic rings. The maximum Gasteiger partial charge on any atom is 0.267 e. The van der Waals surface area contributed by atoms with E-state index in [1.165, 1.54) is 25.7 Å². The molecule has 0 aliphatic carbocycles. The summed E-state index contributed by atoms with van der Waals surface area (Å²) in [7, 11) is 0. The van der Waals surface area contributed by atoms with Gasteiger partial charge in [0.05, 0.1) is 16.6 Å². The number of rotatable bonds is 10. The number of pyridine rings is 1. The molecule has 0 saturated carbocycles. The standard InChI is InChI=1S/C26H30N4O3/c1-2-3-4-5-6-7-12-17-30-21-16-11-8-13-18(21)23(31)22(25(30)33)24(32)29-26-27-19-14-9-10-15-20(19)28-26/h8-11,13-16,31H,2-7,12,17H2,1H3,(H2,27,28,29,32). The number of para-hydroxylation sites is 3. The van der Waals surface area contributed by atoms with Crippen LogP contribution in [-0.4, -0.2) is 25.5 Å². The van der Waals surface area contributed by atoms with Crippen molar-refractivity contribution in [3.8, 4) is 5.75 Å². The van der Waals surface area contributed by atoms with E-state index in [1.807, 2.05) is 30.3 Å². The molecule has 2 heterocycles. The third kappa shape index (κ3) is 4.92. The number of aromatic nitrogens is 3. The van der Waals surface area contributed by atoms with Crippen LogP contribution in [0.1, 0.15) is 62.2 Å². The third-order valence-electron chi connectivity index (χ3n) is 5.98. The first kappa shape index (κ1) is 22.6. The van der Waals surface area contributed by atoms with Gasteiger partial charge in [-0.1, -0.05) is 69.7 Å². The zero-order valence-electron chi connectivity index (χ0n) is 18.9.